The lowest BCUT2D eigenvalue weighted by atomic mass is 10.2. The highest BCUT2D eigenvalue weighted by molar-refractivity contribution is 5.92. The van der Waals surface area contributed by atoms with Gasteiger partial charge < -0.3 is 10.1 Å². The van der Waals surface area contributed by atoms with Gasteiger partial charge in [-0.2, -0.15) is 5.10 Å². The molecule has 1 N–H and O–H groups in total. The Hall–Kier alpha value is -2.25. The third-order valence-corrected chi connectivity index (χ3v) is 4.13. The van der Waals surface area contributed by atoms with Crippen LogP contribution in [0, 0.1) is 5.82 Å². The summed E-state index contributed by atoms with van der Waals surface area (Å²) in [4.78, 5) is 14.5. The molecular weight excluding hydrogens is 323 g/mol. The van der Waals surface area contributed by atoms with E-state index in [0.717, 1.165) is 19.6 Å². The zero-order valence-electron chi connectivity index (χ0n) is 14.5. The first-order valence-corrected chi connectivity index (χ1v) is 8.49. The van der Waals surface area contributed by atoms with Gasteiger partial charge in [0, 0.05) is 32.4 Å². The van der Waals surface area contributed by atoms with E-state index in [9.17, 15) is 9.18 Å². The fraction of sp³-hybridized carbons (Fsp3) is 0.444. The minimum Gasteiger partial charge on any atom is -0.373 e. The lowest BCUT2D eigenvalue weighted by Gasteiger charge is -2.35. The van der Waals surface area contributed by atoms with Crippen LogP contribution in [0.5, 0.6) is 0 Å². The number of nitrogens with one attached hydrogen (secondary N) is 1. The van der Waals surface area contributed by atoms with Crippen LogP contribution in [0.1, 0.15) is 24.3 Å². The Morgan fingerprint density at radius 2 is 2.00 bits per heavy atom. The predicted octanol–water partition coefficient (Wildman–Crippen LogP) is 1.85. The first-order valence-electron chi connectivity index (χ1n) is 8.49. The van der Waals surface area contributed by atoms with Crippen molar-refractivity contribution >= 4 is 5.91 Å². The number of hydrogen-bond acceptors (Lipinski definition) is 4. The lowest BCUT2D eigenvalue weighted by Crippen LogP contribution is -2.47. The number of ether oxygens (including phenoxy) is 1. The smallest absolute Gasteiger partial charge is 0.271 e. The Balaban J connectivity index is 1.53. The van der Waals surface area contributed by atoms with Gasteiger partial charge in [0.15, 0.2) is 5.69 Å². The standard InChI is InChI=1S/C18H23FN4O2/c1-13-11-22(12-14(2)25-13)10-8-20-18(24)16-7-9-23(21-16)17-6-4-3-5-15(17)19/h3-7,9,13-14H,8,10-12H2,1-2H3,(H,20,24)/t13-,14-/m0/s1. The molecule has 1 aliphatic heterocycles. The molecule has 2 atom stereocenters. The first kappa shape index (κ1) is 17.6. The molecular formula is C18H23FN4O2. The summed E-state index contributed by atoms with van der Waals surface area (Å²) in [6.45, 7) is 7.13. The van der Waals surface area contributed by atoms with Gasteiger partial charge in [0.1, 0.15) is 11.5 Å². The Bertz CT molecular complexity index is 723. The maximum absolute atomic E-state index is 13.8. The quantitative estimate of drug-likeness (QED) is 0.898. The molecule has 0 saturated carbocycles. The Morgan fingerprint density at radius 3 is 2.72 bits per heavy atom. The van der Waals surface area contributed by atoms with E-state index >= 15 is 0 Å². The van der Waals surface area contributed by atoms with E-state index in [1.165, 1.54) is 10.7 Å². The Labute approximate surface area is 146 Å². The average Bonchev–Trinajstić information content (AvgIpc) is 3.04. The minimum atomic E-state index is -0.381. The summed E-state index contributed by atoms with van der Waals surface area (Å²) < 4.78 is 20.8. The number of para-hydroxylation sites is 1. The van der Waals surface area contributed by atoms with Crippen molar-refractivity contribution in [2.45, 2.75) is 26.1 Å². The van der Waals surface area contributed by atoms with E-state index < -0.39 is 0 Å². The second-order valence-electron chi connectivity index (χ2n) is 6.37. The van der Waals surface area contributed by atoms with Crippen LogP contribution < -0.4 is 5.32 Å². The second kappa shape index (κ2) is 7.76. The zero-order valence-corrected chi connectivity index (χ0v) is 14.5. The highest BCUT2D eigenvalue weighted by Gasteiger charge is 2.21. The van der Waals surface area contributed by atoms with Crippen molar-refractivity contribution in [3.63, 3.8) is 0 Å². The highest BCUT2D eigenvalue weighted by atomic mass is 19.1. The molecule has 2 heterocycles. The number of carbonyl (C=O) groups is 1. The molecule has 1 saturated heterocycles. The molecule has 1 aromatic carbocycles. The number of rotatable bonds is 5. The fourth-order valence-electron chi connectivity index (χ4n) is 3.10. The van der Waals surface area contributed by atoms with Crippen LogP contribution >= 0.6 is 0 Å². The van der Waals surface area contributed by atoms with Crippen molar-refractivity contribution in [2.24, 2.45) is 0 Å². The van der Waals surface area contributed by atoms with E-state index in [4.69, 9.17) is 4.74 Å². The summed E-state index contributed by atoms with van der Waals surface area (Å²) >= 11 is 0. The van der Waals surface area contributed by atoms with E-state index in [0.29, 0.717) is 12.2 Å². The Morgan fingerprint density at radius 1 is 1.28 bits per heavy atom. The average molecular weight is 346 g/mol. The molecule has 134 valence electrons. The molecule has 3 rings (SSSR count). The molecule has 2 aromatic rings. The monoisotopic (exact) mass is 346 g/mol. The van der Waals surface area contributed by atoms with Crippen LogP contribution in [0.3, 0.4) is 0 Å². The Kier molecular flexibility index (Phi) is 5.45. The molecule has 0 bridgehead atoms. The van der Waals surface area contributed by atoms with Gasteiger partial charge in [-0.3, -0.25) is 9.69 Å². The number of benzene rings is 1. The van der Waals surface area contributed by atoms with Crippen LogP contribution in [-0.4, -0.2) is 59.0 Å². The van der Waals surface area contributed by atoms with Gasteiger partial charge in [-0.15, -0.1) is 0 Å². The summed E-state index contributed by atoms with van der Waals surface area (Å²) in [5.41, 5.74) is 0.588. The lowest BCUT2D eigenvalue weighted by molar-refractivity contribution is -0.0672. The van der Waals surface area contributed by atoms with Crippen molar-refractivity contribution in [3.8, 4) is 5.69 Å². The number of aromatic nitrogens is 2. The summed E-state index contributed by atoms with van der Waals surface area (Å²) in [6.07, 6.45) is 1.99. The number of nitrogens with zero attached hydrogens (tertiary/aromatic N) is 3. The van der Waals surface area contributed by atoms with Gasteiger partial charge in [0.2, 0.25) is 0 Å². The molecule has 1 fully saturated rings. The van der Waals surface area contributed by atoms with Crippen molar-refractivity contribution in [3.05, 3.63) is 48.0 Å². The van der Waals surface area contributed by atoms with Crippen LogP contribution in [0.4, 0.5) is 4.39 Å². The maximum Gasteiger partial charge on any atom is 0.271 e. The SMILES string of the molecule is C[C@H]1CN(CCNC(=O)c2ccn(-c3ccccc3F)n2)C[C@H](C)O1. The topological polar surface area (TPSA) is 59.4 Å². The summed E-state index contributed by atoms with van der Waals surface area (Å²) in [6, 6.07) is 7.90. The van der Waals surface area contributed by atoms with Gasteiger partial charge in [-0.25, -0.2) is 9.07 Å². The molecule has 25 heavy (non-hydrogen) atoms. The van der Waals surface area contributed by atoms with E-state index in [1.807, 2.05) is 0 Å². The molecule has 0 spiro atoms. The van der Waals surface area contributed by atoms with Gasteiger partial charge in [0.05, 0.1) is 12.2 Å². The second-order valence-corrected chi connectivity index (χ2v) is 6.37. The summed E-state index contributed by atoms with van der Waals surface area (Å²) in [5.74, 6) is -0.641. The summed E-state index contributed by atoms with van der Waals surface area (Å²) in [5, 5.41) is 7.03. The van der Waals surface area contributed by atoms with Crippen molar-refractivity contribution in [2.75, 3.05) is 26.2 Å². The van der Waals surface area contributed by atoms with Crippen molar-refractivity contribution < 1.29 is 13.9 Å². The number of morpholine rings is 1. The molecule has 1 amide bonds. The van der Waals surface area contributed by atoms with Gasteiger partial charge in [-0.1, -0.05) is 12.1 Å². The van der Waals surface area contributed by atoms with Crippen LogP contribution in [0.25, 0.3) is 5.69 Å². The van der Waals surface area contributed by atoms with Gasteiger partial charge in [-0.05, 0) is 32.0 Å². The zero-order chi connectivity index (χ0) is 17.8. The van der Waals surface area contributed by atoms with E-state index in [1.54, 1.807) is 30.5 Å². The van der Waals surface area contributed by atoms with E-state index in [-0.39, 0.29) is 29.6 Å². The normalized spacial score (nSPS) is 21.2. The van der Waals surface area contributed by atoms with Crippen LogP contribution in [0.2, 0.25) is 0 Å². The number of hydrogen-bond donors (Lipinski definition) is 1. The first-order chi connectivity index (χ1) is 12.0. The molecule has 0 aliphatic carbocycles. The number of amides is 1. The molecule has 1 aliphatic rings. The van der Waals surface area contributed by atoms with Gasteiger partial charge in [0.25, 0.3) is 5.91 Å². The van der Waals surface area contributed by atoms with Crippen LogP contribution in [-0.2, 0) is 4.74 Å². The largest absolute Gasteiger partial charge is 0.373 e. The molecule has 1 aromatic heterocycles. The van der Waals surface area contributed by atoms with E-state index in [2.05, 4.69) is 29.2 Å². The third kappa shape index (κ3) is 4.43. The number of carbonyl (C=O) groups excluding carboxylic acids is 1. The van der Waals surface area contributed by atoms with Gasteiger partial charge >= 0.3 is 0 Å². The predicted molar refractivity (Wildman–Crippen MR) is 92.3 cm³/mol. The van der Waals surface area contributed by atoms with Crippen molar-refractivity contribution in [1.29, 1.82) is 0 Å². The molecule has 0 unspecified atom stereocenters. The minimum absolute atomic E-state index is 0.205. The number of halogens is 1. The molecule has 6 nitrogen and oxygen atoms in total. The van der Waals surface area contributed by atoms with Crippen LogP contribution in [0.15, 0.2) is 36.5 Å². The highest BCUT2D eigenvalue weighted by Crippen LogP contribution is 2.12. The summed E-state index contributed by atoms with van der Waals surface area (Å²) in [7, 11) is 0. The maximum atomic E-state index is 13.8. The molecule has 0 radical (unpaired) electrons. The molecule has 7 heteroatoms. The third-order valence-electron chi connectivity index (χ3n) is 4.13. The van der Waals surface area contributed by atoms with Crippen molar-refractivity contribution in [1.82, 2.24) is 20.0 Å². The fourth-order valence-corrected chi connectivity index (χ4v) is 3.10.